The first-order valence-corrected chi connectivity index (χ1v) is 16.6. The molecule has 2 aromatic heterocycles. The first-order valence-electron chi connectivity index (χ1n) is 12.7. The van der Waals surface area contributed by atoms with Crippen LogP contribution in [0.1, 0.15) is 39.6 Å². The molecule has 0 radical (unpaired) electrons. The van der Waals surface area contributed by atoms with Crippen LogP contribution in [-0.4, -0.2) is 35.4 Å². The molecule has 220 valence electrons. The molecule has 3 aromatic carbocycles. The summed E-state index contributed by atoms with van der Waals surface area (Å²) in [5.41, 5.74) is 1.10. The van der Waals surface area contributed by atoms with Crippen LogP contribution in [-0.2, 0) is 10.0 Å². The lowest BCUT2D eigenvalue weighted by atomic mass is 10.0. The number of fused-ring (bicyclic) bond motifs is 1. The van der Waals surface area contributed by atoms with E-state index < -0.39 is 27.5 Å². The molecule has 1 N–H and O–H groups in total. The third kappa shape index (κ3) is 6.30. The van der Waals surface area contributed by atoms with E-state index in [9.17, 15) is 18.0 Å². The molecule has 7 nitrogen and oxygen atoms in total. The zero-order valence-electron chi connectivity index (χ0n) is 22.2. The highest BCUT2D eigenvalue weighted by Gasteiger charge is 2.28. The summed E-state index contributed by atoms with van der Waals surface area (Å²) in [6.45, 7) is 1.71. The van der Waals surface area contributed by atoms with Crippen LogP contribution < -0.4 is 4.72 Å². The quantitative estimate of drug-likeness (QED) is 0.126. The second kappa shape index (κ2) is 12.5. The van der Waals surface area contributed by atoms with Gasteiger partial charge < -0.3 is 0 Å². The molecule has 0 saturated heterocycles. The molecule has 0 fully saturated rings. The number of pyridine rings is 1. The van der Waals surface area contributed by atoms with Crippen LogP contribution in [0.3, 0.4) is 0 Å². The fourth-order valence-corrected chi connectivity index (χ4v) is 7.36. The highest BCUT2D eigenvalue weighted by atomic mass is 127. The van der Waals surface area contributed by atoms with Gasteiger partial charge in [0, 0.05) is 28.4 Å². The second-order valence-electron chi connectivity index (χ2n) is 9.45. The molecule has 13 heteroatoms. The molecule has 0 aliphatic rings. The number of sulfonamides is 1. The normalized spacial score (nSPS) is 11.6. The summed E-state index contributed by atoms with van der Waals surface area (Å²) in [6.07, 6.45) is 3.16. The van der Waals surface area contributed by atoms with Gasteiger partial charge >= 0.3 is 0 Å². The van der Waals surface area contributed by atoms with Crippen molar-refractivity contribution in [2.75, 3.05) is 10.5 Å². The Bertz CT molecular complexity index is 2010. The van der Waals surface area contributed by atoms with Crippen molar-refractivity contribution in [3.63, 3.8) is 0 Å². The summed E-state index contributed by atoms with van der Waals surface area (Å²) in [5.74, 6) is -2.45. The second-order valence-corrected chi connectivity index (χ2v) is 13.6. The summed E-state index contributed by atoms with van der Waals surface area (Å²) < 4.78 is 43.9. The molecule has 0 saturated carbocycles. The van der Waals surface area contributed by atoms with E-state index in [2.05, 4.69) is 9.71 Å². The molecule has 43 heavy (non-hydrogen) atoms. The van der Waals surface area contributed by atoms with Crippen molar-refractivity contribution < 1.29 is 22.4 Å². The van der Waals surface area contributed by atoms with Crippen molar-refractivity contribution >= 4 is 95.8 Å². The summed E-state index contributed by atoms with van der Waals surface area (Å²) in [5, 5.41) is 0.970. The lowest BCUT2D eigenvalue weighted by Crippen LogP contribution is -2.18. The Morgan fingerprint density at radius 1 is 0.977 bits per heavy atom. The zero-order chi connectivity index (χ0) is 31.1. The number of rotatable bonds is 8. The average Bonchev–Trinajstić information content (AvgIpc) is 3.34. The van der Waals surface area contributed by atoms with Gasteiger partial charge in [0.1, 0.15) is 11.5 Å². The van der Waals surface area contributed by atoms with Crippen molar-refractivity contribution in [3.8, 4) is 11.1 Å². The van der Waals surface area contributed by atoms with Crippen LogP contribution in [0.4, 0.5) is 10.1 Å². The number of anilines is 1. The first-order chi connectivity index (χ1) is 20.4. The molecule has 5 rings (SSSR count). The zero-order valence-corrected chi connectivity index (χ0v) is 27.4. The highest BCUT2D eigenvalue weighted by molar-refractivity contribution is 14.1. The van der Waals surface area contributed by atoms with Crippen LogP contribution in [0, 0.1) is 9.39 Å². The Kier molecular flexibility index (Phi) is 9.15. The molecule has 5 aromatic rings. The maximum atomic E-state index is 15.3. The number of hydrogen-bond acceptors (Lipinski definition) is 5. The van der Waals surface area contributed by atoms with Gasteiger partial charge in [-0.2, -0.15) is 0 Å². The molecular formula is C30H20Cl3FIN3O4S. The van der Waals surface area contributed by atoms with Gasteiger partial charge in [0.2, 0.25) is 10.0 Å². The van der Waals surface area contributed by atoms with E-state index in [1.807, 2.05) is 0 Å². The minimum Gasteiger partial charge on any atom is -0.288 e. The minimum atomic E-state index is -3.73. The van der Waals surface area contributed by atoms with Gasteiger partial charge in [-0.25, -0.2) is 17.8 Å². The van der Waals surface area contributed by atoms with Crippen molar-refractivity contribution in [2.45, 2.75) is 13.3 Å². The summed E-state index contributed by atoms with van der Waals surface area (Å²) in [7, 11) is -3.73. The first kappa shape index (κ1) is 31.4. The standard InChI is InChI=1S/C30H20Cl3FIN3O4S/c1-2-12-43(41,42)37-24-11-10-23(34)26(27(24)35)28(39)20-15-38(30(40)25-21(32)4-3-5-22(25)33)29-19(20)13-17(14-36-29)16-6-8-18(31)9-7-16/h3-11,13-15,37H,2,12H2,1H3. The molecule has 0 bridgehead atoms. The predicted molar refractivity (Wildman–Crippen MR) is 177 cm³/mol. The van der Waals surface area contributed by atoms with Gasteiger partial charge in [-0.15, -0.1) is 0 Å². The number of carbonyl (C=O) groups is 2. The van der Waals surface area contributed by atoms with Crippen LogP contribution in [0.2, 0.25) is 15.1 Å². The van der Waals surface area contributed by atoms with Crippen LogP contribution in [0.25, 0.3) is 22.2 Å². The van der Waals surface area contributed by atoms with Gasteiger partial charge in [-0.3, -0.25) is 18.9 Å². The molecule has 0 aliphatic heterocycles. The fourth-order valence-electron chi connectivity index (χ4n) is 4.53. The summed E-state index contributed by atoms with van der Waals surface area (Å²) in [6, 6.07) is 15.5. The third-order valence-corrected chi connectivity index (χ3v) is 10.00. The number of halogens is 5. The van der Waals surface area contributed by atoms with Crippen LogP contribution >= 0.6 is 57.4 Å². The lowest BCUT2D eigenvalue weighted by molar-refractivity contribution is 0.0964. The SMILES string of the molecule is CCCS(=O)(=O)Nc1ccc(F)c(C(=O)c2cn(C(=O)c3c(Cl)cccc3Cl)c3ncc(-c4ccc(Cl)cc4)cc23)c1I. The van der Waals surface area contributed by atoms with Crippen LogP contribution in [0.5, 0.6) is 0 Å². The number of nitrogens with one attached hydrogen (secondary N) is 1. The number of benzene rings is 3. The number of ketones is 1. The minimum absolute atomic E-state index is 0.00148. The van der Waals surface area contributed by atoms with E-state index in [1.54, 1.807) is 65.9 Å². The molecule has 0 atom stereocenters. The smallest absolute Gasteiger partial charge is 0.266 e. The molecule has 0 spiro atoms. The summed E-state index contributed by atoms with van der Waals surface area (Å²) in [4.78, 5) is 32.3. The van der Waals surface area contributed by atoms with Gasteiger partial charge in [-0.05, 0) is 77.0 Å². The van der Waals surface area contributed by atoms with Crippen molar-refractivity contribution in [2.24, 2.45) is 0 Å². The van der Waals surface area contributed by atoms with Gasteiger partial charge in [0.15, 0.2) is 5.78 Å². The topological polar surface area (TPSA) is 98.1 Å². The average molecular weight is 771 g/mol. The Morgan fingerprint density at radius 3 is 2.30 bits per heavy atom. The van der Waals surface area contributed by atoms with Crippen molar-refractivity contribution in [3.05, 3.63) is 114 Å². The Labute approximate surface area is 275 Å². The van der Waals surface area contributed by atoms with E-state index in [-0.39, 0.29) is 52.8 Å². The number of nitrogens with zero attached hydrogens (tertiary/aromatic N) is 2. The molecule has 2 heterocycles. The predicted octanol–water partition coefficient (Wildman–Crippen LogP) is 8.48. The molecule has 0 aliphatic carbocycles. The van der Waals surface area contributed by atoms with E-state index >= 15 is 4.39 Å². The monoisotopic (exact) mass is 769 g/mol. The number of aromatic nitrogens is 2. The molecule has 0 unspecified atom stereocenters. The van der Waals surface area contributed by atoms with E-state index in [1.165, 1.54) is 30.6 Å². The van der Waals surface area contributed by atoms with Gasteiger partial charge in [-0.1, -0.05) is 59.9 Å². The largest absolute Gasteiger partial charge is 0.288 e. The highest BCUT2D eigenvalue weighted by Crippen LogP contribution is 2.34. The van der Waals surface area contributed by atoms with Crippen molar-refractivity contribution in [1.29, 1.82) is 0 Å². The Balaban J connectivity index is 1.72. The third-order valence-electron chi connectivity index (χ3n) is 6.52. The number of carbonyl (C=O) groups excluding carboxylic acids is 2. The summed E-state index contributed by atoms with van der Waals surface area (Å²) >= 11 is 20.4. The van der Waals surface area contributed by atoms with Gasteiger partial charge in [0.05, 0.1) is 41.7 Å². The molecular weight excluding hydrogens is 751 g/mol. The maximum absolute atomic E-state index is 15.3. The van der Waals surface area contributed by atoms with Gasteiger partial charge in [0.25, 0.3) is 5.91 Å². The Hall–Kier alpha value is -3.03. The molecule has 0 amide bonds. The number of hydrogen-bond donors (Lipinski definition) is 1. The van der Waals surface area contributed by atoms with E-state index in [0.29, 0.717) is 17.0 Å². The Morgan fingerprint density at radius 2 is 1.65 bits per heavy atom. The van der Waals surface area contributed by atoms with Crippen LogP contribution in [0.15, 0.2) is 73.1 Å². The fraction of sp³-hybridized carbons (Fsp3) is 0.100. The van der Waals surface area contributed by atoms with E-state index in [0.717, 1.165) is 16.2 Å². The van der Waals surface area contributed by atoms with Crippen molar-refractivity contribution in [1.82, 2.24) is 9.55 Å². The van der Waals surface area contributed by atoms with E-state index in [4.69, 9.17) is 34.8 Å². The maximum Gasteiger partial charge on any atom is 0.266 e. The lowest BCUT2D eigenvalue weighted by Gasteiger charge is -2.13.